The molecule has 1 fully saturated rings. The van der Waals surface area contributed by atoms with Crippen molar-refractivity contribution in [1.82, 2.24) is 5.32 Å². The van der Waals surface area contributed by atoms with Crippen LogP contribution in [0.1, 0.15) is 20.3 Å². The Bertz CT molecular complexity index is 575. The average Bonchev–Trinajstić information content (AvgIpc) is 2.87. The lowest BCUT2D eigenvalue weighted by Crippen LogP contribution is -2.65. The van der Waals surface area contributed by atoms with Gasteiger partial charge < -0.3 is 25.0 Å². The minimum atomic E-state index is -2.20. The van der Waals surface area contributed by atoms with Crippen LogP contribution in [0.2, 0.25) is 0 Å². The Hall–Kier alpha value is -0.340. The van der Waals surface area contributed by atoms with E-state index < -0.39 is 39.2 Å². The van der Waals surface area contributed by atoms with Gasteiger partial charge in [0.1, 0.15) is 0 Å². The molecule has 1 saturated heterocycles. The van der Waals surface area contributed by atoms with Crippen molar-refractivity contribution in [3.63, 3.8) is 0 Å². The molecule has 0 radical (unpaired) electrons. The van der Waals surface area contributed by atoms with Crippen LogP contribution < -0.4 is 5.32 Å². The van der Waals surface area contributed by atoms with Gasteiger partial charge in [0.15, 0.2) is 5.79 Å². The second-order valence-corrected chi connectivity index (χ2v) is 8.98. The molecule has 1 amide bonds. The zero-order valence-corrected chi connectivity index (χ0v) is 16.2. The van der Waals surface area contributed by atoms with Gasteiger partial charge in [-0.05, 0) is 25.8 Å². The predicted octanol–water partition coefficient (Wildman–Crippen LogP) is 1.85. The van der Waals surface area contributed by atoms with Crippen LogP contribution in [-0.2, 0) is 14.3 Å². The largest absolute Gasteiger partial charge is 0.392 e. The zero-order chi connectivity index (χ0) is 19.0. The molecule has 6 nitrogen and oxygen atoms in total. The number of hydrogen-bond acceptors (Lipinski definition) is 5. The van der Waals surface area contributed by atoms with Gasteiger partial charge in [-0.1, -0.05) is 47.0 Å². The third-order valence-electron chi connectivity index (χ3n) is 4.59. The maximum atomic E-state index is 12.3. The number of carbonyl (C=O) groups excluding carboxylic acids is 1. The minimum absolute atomic E-state index is 0.226. The molecule has 142 valence electrons. The number of rotatable bonds is 4. The molecule has 0 aromatic carbocycles. The molecule has 2 aliphatic rings. The molecule has 1 aliphatic heterocycles. The maximum Gasteiger partial charge on any atom is 0.272 e. The van der Waals surface area contributed by atoms with Crippen LogP contribution in [-0.4, -0.2) is 56.7 Å². The Morgan fingerprint density at radius 3 is 2.60 bits per heavy atom. The maximum absolute atomic E-state index is 12.3. The van der Waals surface area contributed by atoms with Crippen LogP contribution in [0.15, 0.2) is 24.3 Å². The van der Waals surface area contributed by atoms with Crippen molar-refractivity contribution in [2.75, 3.05) is 13.2 Å². The Morgan fingerprint density at radius 2 is 2.16 bits per heavy atom. The SMILES string of the molecule is C=C[C@]1(NC(=O)C(Cl)(Cl)Cl)[C@@H](O)C=C(CO)C[C@H]1[C@H]1COC(C)(C)O1. The number of halogens is 3. The van der Waals surface area contributed by atoms with E-state index in [2.05, 4.69) is 11.9 Å². The van der Waals surface area contributed by atoms with E-state index in [0.29, 0.717) is 12.0 Å². The van der Waals surface area contributed by atoms with Gasteiger partial charge in [0.2, 0.25) is 0 Å². The van der Waals surface area contributed by atoms with Crippen molar-refractivity contribution in [3.05, 3.63) is 24.3 Å². The van der Waals surface area contributed by atoms with E-state index in [1.165, 1.54) is 12.2 Å². The van der Waals surface area contributed by atoms with Crippen LogP contribution >= 0.6 is 34.8 Å². The molecular weight excluding hydrogens is 393 g/mol. The summed E-state index contributed by atoms with van der Waals surface area (Å²) in [6, 6.07) is 0. The Morgan fingerprint density at radius 1 is 1.52 bits per heavy atom. The molecule has 1 heterocycles. The van der Waals surface area contributed by atoms with E-state index in [9.17, 15) is 15.0 Å². The first kappa shape index (κ1) is 21.0. The number of carbonyl (C=O) groups is 1. The summed E-state index contributed by atoms with van der Waals surface area (Å²) in [7, 11) is 0. The van der Waals surface area contributed by atoms with Gasteiger partial charge in [0.05, 0.1) is 31.0 Å². The second kappa shape index (κ2) is 7.35. The topological polar surface area (TPSA) is 88.0 Å². The van der Waals surface area contributed by atoms with Crippen LogP contribution in [0.4, 0.5) is 0 Å². The highest BCUT2D eigenvalue weighted by Gasteiger charge is 2.53. The summed E-state index contributed by atoms with van der Waals surface area (Å²) in [6.45, 7) is 7.32. The number of aliphatic hydroxyl groups is 2. The molecule has 1 aliphatic carbocycles. The zero-order valence-electron chi connectivity index (χ0n) is 14.0. The molecule has 9 heteroatoms. The summed E-state index contributed by atoms with van der Waals surface area (Å²) >= 11 is 17.0. The first-order valence-electron chi connectivity index (χ1n) is 7.78. The number of amides is 1. The minimum Gasteiger partial charge on any atom is -0.392 e. The predicted molar refractivity (Wildman–Crippen MR) is 95.5 cm³/mol. The van der Waals surface area contributed by atoms with Crippen molar-refractivity contribution in [2.45, 2.75) is 47.6 Å². The summed E-state index contributed by atoms with van der Waals surface area (Å²) < 4.78 is 9.32. The van der Waals surface area contributed by atoms with Crippen LogP contribution in [0.3, 0.4) is 0 Å². The highest BCUT2D eigenvalue weighted by Crippen LogP contribution is 2.42. The quantitative estimate of drug-likeness (QED) is 0.483. The van der Waals surface area contributed by atoms with E-state index in [-0.39, 0.29) is 13.2 Å². The number of ether oxygens (including phenoxy) is 2. The lowest BCUT2D eigenvalue weighted by Gasteiger charge is -2.47. The molecule has 0 aromatic heterocycles. The first-order chi connectivity index (χ1) is 11.4. The standard InChI is InChI=1S/C16H22Cl3NO5/c1-4-15(20-13(23)16(17,18)19)10(5-9(7-21)6-12(15)22)11-8-24-14(2,3)25-11/h4,6,10-12,21-22H,1,5,7-8H2,2-3H3,(H,20,23)/t10-,11+,12-,15+/m0/s1. The van der Waals surface area contributed by atoms with Gasteiger partial charge in [0, 0.05) is 5.92 Å². The molecule has 0 spiro atoms. The lowest BCUT2D eigenvalue weighted by atomic mass is 9.69. The lowest BCUT2D eigenvalue weighted by molar-refractivity contribution is -0.151. The molecular formula is C16H22Cl3NO5. The Balaban J connectivity index is 2.42. The third kappa shape index (κ3) is 4.33. The van der Waals surface area contributed by atoms with Gasteiger partial charge in [-0.15, -0.1) is 6.58 Å². The van der Waals surface area contributed by atoms with Gasteiger partial charge in [-0.2, -0.15) is 0 Å². The van der Waals surface area contributed by atoms with Crippen molar-refractivity contribution in [3.8, 4) is 0 Å². The van der Waals surface area contributed by atoms with E-state index in [4.69, 9.17) is 44.3 Å². The van der Waals surface area contributed by atoms with Crippen molar-refractivity contribution >= 4 is 40.7 Å². The number of hydrogen-bond donors (Lipinski definition) is 3. The molecule has 4 atom stereocenters. The van der Waals surface area contributed by atoms with E-state index in [1.54, 1.807) is 13.8 Å². The summed E-state index contributed by atoms with van der Waals surface area (Å²) in [4.78, 5) is 12.3. The second-order valence-electron chi connectivity index (χ2n) is 6.69. The van der Waals surface area contributed by atoms with Crippen molar-refractivity contribution in [1.29, 1.82) is 0 Å². The molecule has 3 N–H and O–H groups in total. The number of nitrogens with one attached hydrogen (secondary N) is 1. The van der Waals surface area contributed by atoms with Crippen LogP contribution in [0.25, 0.3) is 0 Å². The van der Waals surface area contributed by atoms with E-state index in [1.807, 2.05) is 0 Å². The highest BCUT2D eigenvalue weighted by atomic mass is 35.6. The molecule has 0 saturated carbocycles. The summed E-state index contributed by atoms with van der Waals surface area (Å²) in [5, 5.41) is 22.8. The van der Waals surface area contributed by atoms with Gasteiger partial charge in [-0.25, -0.2) is 0 Å². The van der Waals surface area contributed by atoms with Crippen LogP contribution in [0, 0.1) is 5.92 Å². The fraction of sp³-hybridized carbons (Fsp3) is 0.688. The first-order valence-corrected chi connectivity index (χ1v) is 8.92. The fourth-order valence-electron chi connectivity index (χ4n) is 3.33. The fourth-order valence-corrected chi connectivity index (χ4v) is 3.47. The summed E-state index contributed by atoms with van der Waals surface area (Å²) in [5.41, 5.74) is -0.722. The average molecular weight is 415 g/mol. The third-order valence-corrected chi connectivity index (χ3v) is 5.10. The van der Waals surface area contributed by atoms with Crippen molar-refractivity contribution < 1.29 is 24.5 Å². The van der Waals surface area contributed by atoms with Crippen molar-refractivity contribution in [2.24, 2.45) is 5.92 Å². The summed E-state index contributed by atoms with van der Waals surface area (Å²) in [6.07, 6.45) is 1.58. The molecule has 0 bridgehead atoms. The van der Waals surface area contributed by atoms with Gasteiger partial charge in [-0.3, -0.25) is 4.79 Å². The molecule has 0 unspecified atom stereocenters. The number of alkyl halides is 3. The Labute approximate surface area is 161 Å². The van der Waals surface area contributed by atoms with E-state index in [0.717, 1.165) is 0 Å². The highest BCUT2D eigenvalue weighted by molar-refractivity contribution is 6.76. The smallest absolute Gasteiger partial charge is 0.272 e. The molecule has 0 aromatic rings. The molecule has 2 rings (SSSR count). The Kier molecular flexibility index (Phi) is 6.16. The monoisotopic (exact) mass is 413 g/mol. The molecule has 25 heavy (non-hydrogen) atoms. The van der Waals surface area contributed by atoms with Crippen LogP contribution in [0.5, 0.6) is 0 Å². The van der Waals surface area contributed by atoms with E-state index >= 15 is 0 Å². The van der Waals surface area contributed by atoms with Gasteiger partial charge in [0.25, 0.3) is 9.70 Å². The normalized spacial score (nSPS) is 35.2. The number of aliphatic hydroxyl groups excluding tert-OH is 2. The summed E-state index contributed by atoms with van der Waals surface area (Å²) in [5.74, 6) is -2.17. The van der Waals surface area contributed by atoms with Gasteiger partial charge >= 0.3 is 0 Å².